The van der Waals surface area contributed by atoms with Gasteiger partial charge < -0.3 is 14.6 Å². The number of methoxy groups -OCH3 is 1. The number of nitrogens with zero attached hydrogens (tertiary/aromatic N) is 2. The van der Waals surface area contributed by atoms with E-state index in [0.29, 0.717) is 48.9 Å². The third kappa shape index (κ3) is 4.29. The van der Waals surface area contributed by atoms with Crippen molar-refractivity contribution in [2.45, 2.75) is 32.4 Å². The van der Waals surface area contributed by atoms with Gasteiger partial charge in [-0.25, -0.2) is 4.79 Å². The Bertz CT molecular complexity index is 1280. The van der Waals surface area contributed by atoms with Crippen molar-refractivity contribution in [3.8, 4) is 0 Å². The molecule has 0 fully saturated rings. The van der Waals surface area contributed by atoms with Crippen LogP contribution in [0, 0.1) is 4.77 Å². The molecule has 1 N–H and O–H groups in total. The molecule has 2 aromatic carbocycles. The molecular formula is C23H23N3O4S. The Balaban J connectivity index is 1.44. The Morgan fingerprint density at radius 1 is 1.16 bits per heavy atom. The summed E-state index contributed by atoms with van der Waals surface area (Å²) in [7, 11) is 1.30. The first-order valence-corrected chi connectivity index (χ1v) is 10.6. The molecule has 0 saturated carbocycles. The summed E-state index contributed by atoms with van der Waals surface area (Å²) >= 11 is 5.35. The van der Waals surface area contributed by atoms with Gasteiger partial charge in [-0.15, -0.1) is 0 Å². The van der Waals surface area contributed by atoms with E-state index in [0.717, 1.165) is 6.42 Å². The SMILES string of the molecule is COC(=O)c1ccc2c(=O)n(CCCC(=O)N3CCc4ccccc4C3)c(=S)[nH]c2c1. The van der Waals surface area contributed by atoms with E-state index in [1.165, 1.54) is 22.8 Å². The van der Waals surface area contributed by atoms with Crippen molar-refractivity contribution in [1.82, 2.24) is 14.5 Å². The zero-order chi connectivity index (χ0) is 22.0. The van der Waals surface area contributed by atoms with Gasteiger partial charge in [0.2, 0.25) is 5.91 Å². The third-order valence-electron chi connectivity index (χ3n) is 5.66. The maximum absolute atomic E-state index is 12.9. The predicted molar refractivity (Wildman–Crippen MR) is 120 cm³/mol. The van der Waals surface area contributed by atoms with Crippen molar-refractivity contribution < 1.29 is 14.3 Å². The smallest absolute Gasteiger partial charge is 0.337 e. The number of nitrogens with one attached hydrogen (secondary N) is 1. The van der Waals surface area contributed by atoms with E-state index >= 15 is 0 Å². The number of esters is 1. The van der Waals surface area contributed by atoms with E-state index < -0.39 is 5.97 Å². The first-order valence-electron chi connectivity index (χ1n) is 10.2. The lowest BCUT2D eigenvalue weighted by molar-refractivity contribution is -0.132. The lowest BCUT2D eigenvalue weighted by atomic mass is 9.99. The molecule has 3 aromatic rings. The molecule has 0 spiro atoms. The Labute approximate surface area is 184 Å². The second kappa shape index (κ2) is 8.85. The van der Waals surface area contributed by atoms with Crippen molar-refractivity contribution in [2.75, 3.05) is 13.7 Å². The summed E-state index contributed by atoms with van der Waals surface area (Å²) in [5.41, 5.74) is 3.08. The van der Waals surface area contributed by atoms with Gasteiger partial charge in [0.05, 0.1) is 23.6 Å². The molecule has 1 amide bonds. The molecule has 1 aliphatic heterocycles. The van der Waals surface area contributed by atoms with E-state index in [-0.39, 0.29) is 16.2 Å². The molecular weight excluding hydrogens is 414 g/mol. The predicted octanol–water partition coefficient (Wildman–Crippen LogP) is 3.21. The summed E-state index contributed by atoms with van der Waals surface area (Å²) in [6.07, 6.45) is 1.73. The number of aromatic nitrogens is 2. The van der Waals surface area contributed by atoms with Crippen LogP contribution in [0.1, 0.15) is 34.3 Å². The van der Waals surface area contributed by atoms with Crippen molar-refractivity contribution in [2.24, 2.45) is 0 Å². The zero-order valence-corrected chi connectivity index (χ0v) is 18.0. The first-order chi connectivity index (χ1) is 15.0. The van der Waals surface area contributed by atoms with Crippen LogP contribution in [0.25, 0.3) is 10.9 Å². The Morgan fingerprint density at radius 2 is 1.94 bits per heavy atom. The summed E-state index contributed by atoms with van der Waals surface area (Å²) in [5.74, 6) is -0.398. The highest BCUT2D eigenvalue weighted by Crippen LogP contribution is 2.19. The number of carbonyl (C=O) groups excluding carboxylic acids is 2. The lowest BCUT2D eigenvalue weighted by Crippen LogP contribution is -2.36. The Hall–Kier alpha value is -3.26. The average Bonchev–Trinajstić information content (AvgIpc) is 2.79. The van der Waals surface area contributed by atoms with Gasteiger partial charge in [-0.1, -0.05) is 24.3 Å². The molecule has 0 bridgehead atoms. The van der Waals surface area contributed by atoms with Crippen LogP contribution >= 0.6 is 12.2 Å². The van der Waals surface area contributed by atoms with E-state index in [9.17, 15) is 14.4 Å². The van der Waals surface area contributed by atoms with Crippen LogP contribution in [0.2, 0.25) is 0 Å². The quantitative estimate of drug-likeness (QED) is 0.489. The lowest BCUT2D eigenvalue weighted by Gasteiger charge is -2.29. The zero-order valence-electron chi connectivity index (χ0n) is 17.2. The number of hydrogen-bond acceptors (Lipinski definition) is 5. The molecule has 0 atom stereocenters. The van der Waals surface area contributed by atoms with E-state index in [2.05, 4.69) is 17.1 Å². The second-order valence-corrected chi connectivity index (χ2v) is 7.96. The summed E-state index contributed by atoms with van der Waals surface area (Å²) < 4.78 is 6.45. The standard InChI is InChI=1S/C23H23N3O4S/c1-30-22(29)16-8-9-18-19(13-16)24-23(31)26(21(18)28)11-4-7-20(27)25-12-10-15-5-2-3-6-17(15)14-25/h2-3,5-6,8-9,13H,4,7,10-12,14H2,1H3,(H,24,31). The van der Waals surface area contributed by atoms with Gasteiger partial charge in [0, 0.05) is 26.1 Å². The number of fused-ring (bicyclic) bond motifs is 2. The van der Waals surface area contributed by atoms with E-state index in [1.807, 2.05) is 17.0 Å². The molecule has 31 heavy (non-hydrogen) atoms. The number of amides is 1. The van der Waals surface area contributed by atoms with Crippen molar-refractivity contribution in [3.05, 3.63) is 74.3 Å². The van der Waals surface area contributed by atoms with Gasteiger partial charge in [-0.05, 0) is 54.4 Å². The number of rotatable bonds is 5. The molecule has 0 radical (unpaired) electrons. The minimum Gasteiger partial charge on any atom is -0.465 e. The fraction of sp³-hybridized carbons (Fsp3) is 0.304. The third-order valence-corrected chi connectivity index (χ3v) is 5.98. The topological polar surface area (TPSA) is 84.4 Å². The van der Waals surface area contributed by atoms with Crippen LogP contribution in [0.3, 0.4) is 0 Å². The fourth-order valence-electron chi connectivity index (χ4n) is 3.96. The van der Waals surface area contributed by atoms with Crippen LogP contribution in [0.4, 0.5) is 0 Å². The van der Waals surface area contributed by atoms with Crippen LogP contribution in [-0.2, 0) is 29.0 Å². The number of H-pyrrole nitrogens is 1. The van der Waals surface area contributed by atoms with Crippen LogP contribution < -0.4 is 5.56 Å². The van der Waals surface area contributed by atoms with E-state index in [1.54, 1.807) is 18.2 Å². The maximum atomic E-state index is 12.9. The van der Waals surface area contributed by atoms with Crippen LogP contribution in [0.5, 0.6) is 0 Å². The van der Waals surface area contributed by atoms with E-state index in [4.69, 9.17) is 17.0 Å². The minimum atomic E-state index is -0.482. The molecule has 1 aliphatic rings. The van der Waals surface area contributed by atoms with Gasteiger partial charge in [-0.3, -0.25) is 14.2 Å². The number of benzene rings is 2. The summed E-state index contributed by atoms with van der Waals surface area (Å²) in [4.78, 5) is 42.1. The van der Waals surface area contributed by atoms with Gasteiger partial charge >= 0.3 is 5.97 Å². The second-order valence-electron chi connectivity index (χ2n) is 7.58. The largest absolute Gasteiger partial charge is 0.465 e. The van der Waals surface area contributed by atoms with Gasteiger partial charge in [0.25, 0.3) is 5.56 Å². The Kier molecular flexibility index (Phi) is 5.99. The van der Waals surface area contributed by atoms with Crippen molar-refractivity contribution >= 4 is 35.0 Å². The van der Waals surface area contributed by atoms with Gasteiger partial charge in [0.1, 0.15) is 0 Å². The van der Waals surface area contributed by atoms with Gasteiger partial charge in [-0.2, -0.15) is 0 Å². The van der Waals surface area contributed by atoms with Crippen LogP contribution in [0.15, 0.2) is 47.3 Å². The summed E-state index contributed by atoms with van der Waals surface area (Å²) in [6, 6.07) is 12.9. The minimum absolute atomic E-state index is 0.0842. The molecule has 4 rings (SSSR count). The fourth-order valence-corrected chi connectivity index (χ4v) is 4.24. The normalized spacial score (nSPS) is 13.1. The molecule has 0 unspecified atom stereocenters. The Morgan fingerprint density at radius 3 is 2.71 bits per heavy atom. The average molecular weight is 438 g/mol. The summed E-state index contributed by atoms with van der Waals surface area (Å²) in [6.45, 7) is 1.70. The van der Waals surface area contributed by atoms with Crippen molar-refractivity contribution in [1.29, 1.82) is 0 Å². The highest BCUT2D eigenvalue weighted by molar-refractivity contribution is 7.71. The molecule has 160 valence electrons. The molecule has 2 heterocycles. The van der Waals surface area contributed by atoms with Crippen molar-refractivity contribution in [3.63, 3.8) is 0 Å². The van der Waals surface area contributed by atoms with Gasteiger partial charge in [0.15, 0.2) is 4.77 Å². The number of carbonyl (C=O) groups is 2. The number of hydrogen-bond donors (Lipinski definition) is 1. The maximum Gasteiger partial charge on any atom is 0.337 e. The monoisotopic (exact) mass is 437 g/mol. The number of aromatic amines is 1. The molecule has 0 saturated heterocycles. The first kappa shape index (κ1) is 21.0. The highest BCUT2D eigenvalue weighted by atomic mass is 32.1. The number of ether oxygens (including phenoxy) is 1. The summed E-state index contributed by atoms with van der Waals surface area (Å²) in [5, 5.41) is 0.431. The highest BCUT2D eigenvalue weighted by Gasteiger charge is 2.20. The molecule has 1 aromatic heterocycles. The van der Waals surface area contributed by atoms with Crippen LogP contribution in [-0.4, -0.2) is 40.0 Å². The molecule has 7 nitrogen and oxygen atoms in total. The molecule has 0 aliphatic carbocycles. The molecule has 8 heteroatoms.